The van der Waals surface area contributed by atoms with Crippen molar-refractivity contribution in [2.75, 3.05) is 10.6 Å². The Morgan fingerprint density at radius 3 is 2.58 bits per heavy atom. The van der Waals surface area contributed by atoms with Gasteiger partial charge in [0, 0.05) is 5.69 Å². The van der Waals surface area contributed by atoms with Gasteiger partial charge in [0.25, 0.3) is 0 Å². The van der Waals surface area contributed by atoms with Crippen LogP contribution in [0.5, 0.6) is 0 Å². The van der Waals surface area contributed by atoms with Crippen LogP contribution in [0, 0.1) is 12.3 Å². The second-order valence-corrected chi connectivity index (χ2v) is 6.47. The van der Waals surface area contributed by atoms with Crippen LogP contribution in [-0.4, -0.2) is 10.9 Å². The van der Waals surface area contributed by atoms with Crippen molar-refractivity contribution >= 4 is 28.1 Å². The van der Waals surface area contributed by atoms with Gasteiger partial charge in [-0.25, -0.2) is 4.98 Å². The van der Waals surface area contributed by atoms with Gasteiger partial charge in [0.1, 0.15) is 0 Å². The summed E-state index contributed by atoms with van der Waals surface area (Å²) >= 11 is 1.52. The summed E-state index contributed by atoms with van der Waals surface area (Å²) in [7, 11) is 0. The summed E-state index contributed by atoms with van der Waals surface area (Å²) in [6.07, 6.45) is 0. The molecule has 0 bridgehead atoms. The van der Waals surface area contributed by atoms with E-state index < -0.39 is 0 Å². The van der Waals surface area contributed by atoms with Crippen molar-refractivity contribution < 1.29 is 0 Å². The Morgan fingerprint density at radius 2 is 1.92 bits per heavy atom. The number of thiazole rings is 1. The molecule has 5 nitrogen and oxygen atoms in total. The topological polar surface area (TPSA) is 92.0 Å². The smallest absolute Gasteiger partial charge is 0.195 e. The van der Waals surface area contributed by atoms with Crippen molar-refractivity contribution in [3.05, 3.63) is 65.9 Å². The van der Waals surface area contributed by atoms with Gasteiger partial charge in [-0.15, -0.1) is 0 Å². The van der Waals surface area contributed by atoms with Crippen LogP contribution in [0.1, 0.15) is 11.3 Å². The highest BCUT2D eigenvalue weighted by molar-refractivity contribution is 7.19. The lowest BCUT2D eigenvalue weighted by molar-refractivity contribution is 0.970. The number of aryl methyl sites for hydroxylation is 1. The standard InChI is InChI=1S/C18H19N5S/c1-12-16(14-8-5-9-15(19)10-14)24-18(22-12)23(17(20)21)11-13-6-3-2-4-7-13/h2-10H,11,19H2,1H3,(H3,20,21). The van der Waals surface area contributed by atoms with E-state index in [9.17, 15) is 0 Å². The Balaban J connectivity index is 1.95. The second kappa shape index (κ2) is 6.72. The zero-order valence-electron chi connectivity index (χ0n) is 13.4. The molecular weight excluding hydrogens is 318 g/mol. The fourth-order valence-corrected chi connectivity index (χ4v) is 3.54. The van der Waals surface area contributed by atoms with E-state index in [4.69, 9.17) is 16.9 Å². The van der Waals surface area contributed by atoms with Crippen LogP contribution in [-0.2, 0) is 6.54 Å². The third-order valence-corrected chi connectivity index (χ3v) is 4.87. The number of nitrogens with zero attached hydrogens (tertiary/aromatic N) is 2. The molecule has 0 saturated heterocycles. The zero-order valence-corrected chi connectivity index (χ0v) is 14.2. The Morgan fingerprint density at radius 1 is 1.17 bits per heavy atom. The van der Waals surface area contributed by atoms with Crippen LogP contribution in [0.3, 0.4) is 0 Å². The van der Waals surface area contributed by atoms with Crippen molar-refractivity contribution in [2.24, 2.45) is 5.73 Å². The molecular formula is C18H19N5S. The van der Waals surface area contributed by atoms with Crippen LogP contribution in [0.25, 0.3) is 10.4 Å². The summed E-state index contributed by atoms with van der Waals surface area (Å²) < 4.78 is 0. The van der Waals surface area contributed by atoms with E-state index in [-0.39, 0.29) is 5.96 Å². The summed E-state index contributed by atoms with van der Waals surface area (Å²) in [6, 6.07) is 17.7. The lowest BCUT2D eigenvalue weighted by Crippen LogP contribution is -2.35. The number of aromatic nitrogens is 1. The fraction of sp³-hybridized carbons (Fsp3) is 0.111. The molecule has 3 rings (SSSR count). The Hall–Kier alpha value is -2.86. The monoisotopic (exact) mass is 337 g/mol. The number of hydrogen-bond donors (Lipinski definition) is 3. The van der Waals surface area contributed by atoms with E-state index in [1.165, 1.54) is 11.3 Å². The largest absolute Gasteiger partial charge is 0.399 e. The minimum atomic E-state index is -0.0215. The third kappa shape index (κ3) is 3.38. The predicted molar refractivity (Wildman–Crippen MR) is 101 cm³/mol. The molecule has 1 heterocycles. The van der Waals surface area contributed by atoms with Crippen molar-refractivity contribution in [2.45, 2.75) is 13.5 Å². The van der Waals surface area contributed by atoms with Gasteiger partial charge in [-0.1, -0.05) is 53.8 Å². The highest BCUT2D eigenvalue weighted by Gasteiger charge is 2.18. The average Bonchev–Trinajstić information content (AvgIpc) is 2.95. The van der Waals surface area contributed by atoms with Gasteiger partial charge >= 0.3 is 0 Å². The van der Waals surface area contributed by atoms with Crippen molar-refractivity contribution in [1.29, 1.82) is 5.41 Å². The van der Waals surface area contributed by atoms with E-state index in [0.717, 1.165) is 27.4 Å². The number of nitrogens with one attached hydrogen (secondary N) is 1. The Bertz CT molecular complexity index is 857. The van der Waals surface area contributed by atoms with E-state index in [1.807, 2.05) is 61.5 Å². The molecule has 0 radical (unpaired) electrons. The fourth-order valence-electron chi connectivity index (χ4n) is 2.47. The lowest BCUT2D eigenvalue weighted by Gasteiger charge is -2.19. The number of guanidine groups is 1. The highest BCUT2D eigenvalue weighted by Crippen LogP contribution is 2.35. The first-order valence-corrected chi connectivity index (χ1v) is 8.35. The van der Waals surface area contributed by atoms with Crippen LogP contribution in [0.2, 0.25) is 0 Å². The van der Waals surface area contributed by atoms with Crippen LogP contribution >= 0.6 is 11.3 Å². The summed E-state index contributed by atoms with van der Waals surface area (Å²) in [4.78, 5) is 7.37. The predicted octanol–water partition coefficient (Wildman–Crippen LogP) is 3.60. The number of anilines is 2. The summed E-state index contributed by atoms with van der Waals surface area (Å²) in [5.74, 6) is -0.0215. The molecule has 0 spiro atoms. The molecule has 0 unspecified atom stereocenters. The molecule has 0 aliphatic heterocycles. The number of rotatable bonds is 4. The molecule has 0 amide bonds. The van der Waals surface area contributed by atoms with Gasteiger partial charge in [-0.2, -0.15) is 0 Å². The Labute approximate surface area is 145 Å². The lowest BCUT2D eigenvalue weighted by atomic mass is 10.1. The Kier molecular flexibility index (Phi) is 4.48. The molecule has 6 heteroatoms. The van der Waals surface area contributed by atoms with E-state index >= 15 is 0 Å². The van der Waals surface area contributed by atoms with E-state index in [0.29, 0.717) is 11.7 Å². The maximum absolute atomic E-state index is 7.91. The highest BCUT2D eigenvalue weighted by atomic mass is 32.1. The summed E-state index contributed by atoms with van der Waals surface area (Å²) in [5, 5.41) is 8.62. The van der Waals surface area contributed by atoms with Gasteiger partial charge in [0.05, 0.1) is 17.1 Å². The molecule has 0 saturated carbocycles. The van der Waals surface area contributed by atoms with Gasteiger partial charge in [-0.05, 0) is 30.2 Å². The second-order valence-electron chi connectivity index (χ2n) is 5.49. The number of nitrogens with two attached hydrogens (primary N) is 2. The molecule has 1 aromatic heterocycles. The third-order valence-electron chi connectivity index (χ3n) is 3.64. The van der Waals surface area contributed by atoms with Crippen molar-refractivity contribution in [3.63, 3.8) is 0 Å². The molecule has 3 aromatic rings. The minimum Gasteiger partial charge on any atom is -0.399 e. The molecule has 0 fully saturated rings. The van der Waals surface area contributed by atoms with Crippen molar-refractivity contribution in [3.8, 4) is 10.4 Å². The summed E-state index contributed by atoms with van der Waals surface area (Å²) in [6.45, 7) is 2.47. The minimum absolute atomic E-state index is 0.0215. The molecule has 2 aromatic carbocycles. The quantitative estimate of drug-likeness (QED) is 0.385. The van der Waals surface area contributed by atoms with Gasteiger partial charge in [-0.3, -0.25) is 10.3 Å². The van der Waals surface area contributed by atoms with E-state index in [1.54, 1.807) is 4.90 Å². The SMILES string of the molecule is Cc1nc(N(Cc2ccccc2)C(=N)N)sc1-c1cccc(N)c1. The molecule has 0 atom stereocenters. The van der Waals surface area contributed by atoms with Gasteiger partial charge < -0.3 is 11.5 Å². The van der Waals surface area contributed by atoms with Crippen LogP contribution in [0.4, 0.5) is 10.8 Å². The zero-order chi connectivity index (χ0) is 17.1. The molecule has 0 aliphatic rings. The molecule has 5 N–H and O–H groups in total. The molecule has 0 aliphatic carbocycles. The number of nitrogen functional groups attached to an aromatic ring is 1. The van der Waals surface area contributed by atoms with Crippen LogP contribution < -0.4 is 16.4 Å². The number of benzene rings is 2. The first-order chi connectivity index (χ1) is 11.5. The average molecular weight is 337 g/mol. The first-order valence-electron chi connectivity index (χ1n) is 7.53. The van der Waals surface area contributed by atoms with Crippen LogP contribution in [0.15, 0.2) is 54.6 Å². The van der Waals surface area contributed by atoms with Gasteiger partial charge in [0.15, 0.2) is 11.1 Å². The maximum atomic E-state index is 7.91. The molecule has 24 heavy (non-hydrogen) atoms. The van der Waals surface area contributed by atoms with Gasteiger partial charge in [0.2, 0.25) is 0 Å². The van der Waals surface area contributed by atoms with Crippen molar-refractivity contribution in [1.82, 2.24) is 4.98 Å². The normalized spacial score (nSPS) is 10.5. The maximum Gasteiger partial charge on any atom is 0.195 e. The summed E-state index contributed by atoms with van der Waals surface area (Å²) in [5.41, 5.74) is 15.4. The van der Waals surface area contributed by atoms with E-state index in [2.05, 4.69) is 4.98 Å². The first kappa shape index (κ1) is 16.0. The number of hydrogen-bond acceptors (Lipinski definition) is 4. The molecule has 122 valence electrons.